The summed E-state index contributed by atoms with van der Waals surface area (Å²) in [6, 6.07) is 9.01. The Morgan fingerprint density at radius 1 is 1.03 bits per heavy atom. The van der Waals surface area contributed by atoms with Gasteiger partial charge in [0.05, 0.1) is 24.0 Å². The van der Waals surface area contributed by atoms with Crippen molar-refractivity contribution >= 4 is 29.1 Å². The van der Waals surface area contributed by atoms with Crippen molar-refractivity contribution in [3.8, 4) is 0 Å². The number of nitrogens with one attached hydrogen (secondary N) is 2. The van der Waals surface area contributed by atoms with E-state index in [9.17, 15) is 14.4 Å². The third-order valence-electron chi connectivity index (χ3n) is 6.87. The average molecular weight is 478 g/mol. The molecule has 2 heterocycles. The summed E-state index contributed by atoms with van der Waals surface area (Å²) in [5.74, 6) is -0.517. The van der Waals surface area contributed by atoms with Gasteiger partial charge in [-0.2, -0.15) is 0 Å². The summed E-state index contributed by atoms with van der Waals surface area (Å²) in [6.45, 7) is 5.95. The summed E-state index contributed by atoms with van der Waals surface area (Å²) in [6.07, 6.45) is 9.13. The molecule has 0 spiro atoms. The Labute approximate surface area is 207 Å². The van der Waals surface area contributed by atoms with E-state index >= 15 is 0 Å². The molecule has 35 heavy (non-hydrogen) atoms. The van der Waals surface area contributed by atoms with Crippen LogP contribution in [0, 0.1) is 0 Å². The summed E-state index contributed by atoms with van der Waals surface area (Å²) in [7, 11) is 0. The molecule has 3 amide bonds. The van der Waals surface area contributed by atoms with Crippen LogP contribution in [-0.4, -0.2) is 47.9 Å². The number of rotatable bonds is 7. The van der Waals surface area contributed by atoms with Gasteiger partial charge in [-0.15, -0.1) is 0 Å². The highest BCUT2D eigenvalue weighted by Gasteiger charge is 2.34. The number of carbonyl (C=O) groups is 3. The summed E-state index contributed by atoms with van der Waals surface area (Å²) in [5, 5.41) is 6.39. The molecule has 2 N–H and O–H groups in total. The molecule has 1 aliphatic carbocycles. The van der Waals surface area contributed by atoms with E-state index < -0.39 is 0 Å². The van der Waals surface area contributed by atoms with Crippen molar-refractivity contribution in [1.29, 1.82) is 0 Å². The van der Waals surface area contributed by atoms with Crippen molar-refractivity contribution in [3.63, 3.8) is 0 Å². The van der Waals surface area contributed by atoms with Crippen molar-refractivity contribution in [2.45, 2.75) is 71.0 Å². The fraction of sp³-hybridized carbons (Fsp3) is 0.481. The van der Waals surface area contributed by atoms with Crippen LogP contribution in [0.5, 0.6) is 0 Å². The van der Waals surface area contributed by atoms with Gasteiger partial charge >= 0.3 is 0 Å². The molecule has 1 unspecified atom stereocenters. The van der Waals surface area contributed by atoms with E-state index in [1.807, 2.05) is 32.9 Å². The molecular formula is C27H35N5O3. The molecule has 1 atom stereocenters. The fourth-order valence-electron chi connectivity index (χ4n) is 4.95. The van der Waals surface area contributed by atoms with Crippen LogP contribution in [0.25, 0.3) is 0 Å². The van der Waals surface area contributed by atoms with E-state index in [-0.39, 0.29) is 42.9 Å². The first-order chi connectivity index (χ1) is 16.8. The van der Waals surface area contributed by atoms with Crippen LogP contribution < -0.4 is 20.4 Å². The minimum Gasteiger partial charge on any atom is -0.346 e. The molecule has 1 aliphatic heterocycles. The van der Waals surface area contributed by atoms with Gasteiger partial charge in [-0.25, -0.2) is 0 Å². The number of hydrogen-bond donors (Lipinski definition) is 2. The van der Waals surface area contributed by atoms with Crippen LogP contribution in [0.4, 0.5) is 11.4 Å². The summed E-state index contributed by atoms with van der Waals surface area (Å²) >= 11 is 0. The van der Waals surface area contributed by atoms with Gasteiger partial charge in [0, 0.05) is 30.0 Å². The minimum atomic E-state index is -0.238. The number of carbonyl (C=O) groups excluding carboxylic acids is 3. The molecule has 1 fully saturated rings. The SMILES string of the molecule is CC(NC(=O)c1ccc2c(c1)N(C(=O)CNC1CCCCC1)CC(=O)N2C(C)C)c1ccncc1. The third-order valence-corrected chi connectivity index (χ3v) is 6.87. The number of anilines is 2. The average Bonchev–Trinajstić information content (AvgIpc) is 2.87. The highest BCUT2D eigenvalue weighted by Crippen LogP contribution is 2.36. The number of pyridine rings is 1. The van der Waals surface area contributed by atoms with Gasteiger partial charge < -0.3 is 15.5 Å². The van der Waals surface area contributed by atoms with Crippen LogP contribution in [0.15, 0.2) is 42.7 Å². The largest absolute Gasteiger partial charge is 0.346 e. The Morgan fingerprint density at radius 2 is 1.74 bits per heavy atom. The minimum absolute atomic E-state index is 0.0329. The molecular weight excluding hydrogens is 442 g/mol. The quantitative estimate of drug-likeness (QED) is 0.636. The highest BCUT2D eigenvalue weighted by molar-refractivity contribution is 6.12. The molecule has 2 aliphatic rings. The first kappa shape index (κ1) is 24.9. The van der Waals surface area contributed by atoms with Crippen LogP contribution >= 0.6 is 0 Å². The standard InChI is InChI=1S/C27H35N5O3/c1-18(2)32-23-10-9-21(27(35)30-19(3)20-11-13-28-14-12-20)15-24(23)31(17-26(32)34)25(33)16-29-22-7-5-4-6-8-22/h9-15,18-19,22,29H,4-8,16-17H2,1-3H3,(H,30,35). The number of fused-ring (bicyclic) bond motifs is 1. The summed E-state index contributed by atoms with van der Waals surface area (Å²) in [5.41, 5.74) is 2.65. The normalized spacial score (nSPS) is 17.3. The van der Waals surface area contributed by atoms with E-state index in [2.05, 4.69) is 15.6 Å². The van der Waals surface area contributed by atoms with Gasteiger partial charge in [-0.05, 0) is 69.5 Å². The molecule has 4 rings (SSSR count). The maximum Gasteiger partial charge on any atom is 0.251 e. The van der Waals surface area contributed by atoms with Crippen molar-refractivity contribution < 1.29 is 14.4 Å². The Bertz CT molecular complexity index is 1070. The molecule has 1 aromatic heterocycles. The van der Waals surface area contributed by atoms with Crippen LogP contribution in [0.3, 0.4) is 0 Å². The van der Waals surface area contributed by atoms with Gasteiger partial charge in [0.1, 0.15) is 6.54 Å². The van der Waals surface area contributed by atoms with Gasteiger partial charge in [0.25, 0.3) is 5.91 Å². The van der Waals surface area contributed by atoms with Crippen LogP contribution in [0.1, 0.15) is 74.8 Å². The van der Waals surface area contributed by atoms with Crippen LogP contribution in [0.2, 0.25) is 0 Å². The van der Waals surface area contributed by atoms with Crippen molar-refractivity contribution in [2.24, 2.45) is 0 Å². The maximum atomic E-state index is 13.3. The Balaban J connectivity index is 1.56. The second kappa shape index (κ2) is 11.0. The Morgan fingerprint density at radius 3 is 2.43 bits per heavy atom. The van der Waals surface area contributed by atoms with Crippen molar-refractivity contribution in [1.82, 2.24) is 15.6 Å². The topological polar surface area (TPSA) is 94.6 Å². The van der Waals surface area contributed by atoms with Crippen molar-refractivity contribution in [3.05, 3.63) is 53.9 Å². The number of nitrogens with zero attached hydrogens (tertiary/aromatic N) is 3. The summed E-state index contributed by atoms with van der Waals surface area (Å²) in [4.78, 5) is 46.6. The van der Waals surface area contributed by atoms with Gasteiger partial charge in [0.2, 0.25) is 11.8 Å². The molecule has 2 aromatic rings. The lowest BCUT2D eigenvalue weighted by Crippen LogP contribution is -2.53. The van der Waals surface area contributed by atoms with E-state index in [1.54, 1.807) is 35.5 Å². The molecule has 186 valence electrons. The highest BCUT2D eigenvalue weighted by atomic mass is 16.2. The fourth-order valence-corrected chi connectivity index (χ4v) is 4.95. The predicted molar refractivity (Wildman–Crippen MR) is 136 cm³/mol. The van der Waals surface area contributed by atoms with Gasteiger partial charge in [-0.3, -0.25) is 24.3 Å². The van der Waals surface area contributed by atoms with E-state index in [1.165, 1.54) is 24.2 Å². The van der Waals surface area contributed by atoms with E-state index in [0.717, 1.165) is 18.4 Å². The molecule has 1 aromatic carbocycles. The van der Waals surface area contributed by atoms with Gasteiger partial charge in [0.15, 0.2) is 0 Å². The first-order valence-corrected chi connectivity index (χ1v) is 12.6. The van der Waals surface area contributed by atoms with Crippen molar-refractivity contribution in [2.75, 3.05) is 22.9 Å². The monoisotopic (exact) mass is 477 g/mol. The number of benzene rings is 1. The third kappa shape index (κ3) is 5.70. The zero-order valence-corrected chi connectivity index (χ0v) is 20.8. The second-order valence-corrected chi connectivity index (χ2v) is 9.73. The van der Waals surface area contributed by atoms with E-state index in [0.29, 0.717) is 23.0 Å². The molecule has 8 nitrogen and oxygen atoms in total. The predicted octanol–water partition coefficient (Wildman–Crippen LogP) is 3.58. The van der Waals surface area contributed by atoms with Gasteiger partial charge in [-0.1, -0.05) is 19.3 Å². The molecule has 0 radical (unpaired) electrons. The zero-order chi connectivity index (χ0) is 24.9. The molecule has 0 saturated heterocycles. The molecule has 1 saturated carbocycles. The Kier molecular flexibility index (Phi) is 7.80. The number of aromatic nitrogens is 1. The summed E-state index contributed by atoms with van der Waals surface area (Å²) < 4.78 is 0. The van der Waals surface area contributed by atoms with Crippen LogP contribution in [-0.2, 0) is 9.59 Å². The first-order valence-electron chi connectivity index (χ1n) is 12.6. The lowest BCUT2D eigenvalue weighted by molar-refractivity contribution is -0.122. The van der Waals surface area contributed by atoms with E-state index in [4.69, 9.17) is 0 Å². The maximum absolute atomic E-state index is 13.3. The number of hydrogen-bond acceptors (Lipinski definition) is 5. The molecule has 0 bridgehead atoms. The smallest absolute Gasteiger partial charge is 0.251 e. The lowest BCUT2D eigenvalue weighted by Gasteiger charge is -2.38. The zero-order valence-electron chi connectivity index (χ0n) is 20.8. The number of amides is 3. The Hall–Kier alpha value is -3.26. The molecule has 8 heteroatoms. The lowest BCUT2D eigenvalue weighted by atomic mass is 9.95. The second-order valence-electron chi connectivity index (χ2n) is 9.73.